The molecule has 0 spiro atoms. The van der Waals surface area contributed by atoms with E-state index in [2.05, 4.69) is 29.4 Å². The summed E-state index contributed by atoms with van der Waals surface area (Å²) in [5.74, 6) is -0.260. The van der Waals surface area contributed by atoms with Gasteiger partial charge in [-0.1, -0.05) is 25.1 Å². The van der Waals surface area contributed by atoms with E-state index in [0.29, 0.717) is 11.6 Å². The molecule has 0 fully saturated rings. The summed E-state index contributed by atoms with van der Waals surface area (Å²) in [5, 5.41) is 3.49. The van der Waals surface area contributed by atoms with E-state index < -0.39 is 0 Å². The summed E-state index contributed by atoms with van der Waals surface area (Å²) in [6.07, 6.45) is 5.09. The lowest BCUT2D eigenvalue weighted by atomic mass is 10.00. The first-order valence-corrected chi connectivity index (χ1v) is 6.75. The Labute approximate surface area is 112 Å². The monoisotopic (exact) mass is 256 g/mol. The van der Waals surface area contributed by atoms with Crippen LogP contribution in [0.4, 0.5) is 4.39 Å². The van der Waals surface area contributed by atoms with Crippen LogP contribution in [0.5, 0.6) is 0 Å². The van der Waals surface area contributed by atoms with Crippen molar-refractivity contribution in [2.75, 3.05) is 6.54 Å². The second-order valence-corrected chi connectivity index (χ2v) is 4.92. The molecule has 0 bridgehead atoms. The lowest BCUT2D eigenvalue weighted by Gasteiger charge is -2.13. The molecule has 1 N–H and O–H groups in total. The Morgan fingerprint density at radius 2 is 2.26 bits per heavy atom. The SMILES string of the molecule is CCNC1CCc2cc(-c3ccncc3F)ccc21. The van der Waals surface area contributed by atoms with E-state index in [1.165, 1.54) is 17.3 Å². The fourth-order valence-corrected chi connectivity index (χ4v) is 2.85. The van der Waals surface area contributed by atoms with Crippen LogP contribution in [0.25, 0.3) is 11.1 Å². The van der Waals surface area contributed by atoms with E-state index in [9.17, 15) is 4.39 Å². The summed E-state index contributed by atoms with van der Waals surface area (Å²) >= 11 is 0. The number of pyridine rings is 1. The lowest BCUT2D eigenvalue weighted by molar-refractivity contribution is 0.549. The minimum absolute atomic E-state index is 0.260. The summed E-state index contributed by atoms with van der Waals surface area (Å²) in [7, 11) is 0. The normalized spacial score (nSPS) is 17.5. The highest BCUT2D eigenvalue weighted by atomic mass is 19.1. The van der Waals surface area contributed by atoms with E-state index >= 15 is 0 Å². The number of hydrogen-bond donors (Lipinski definition) is 1. The largest absolute Gasteiger partial charge is 0.310 e. The highest BCUT2D eigenvalue weighted by Gasteiger charge is 2.22. The summed E-state index contributed by atoms with van der Waals surface area (Å²) < 4.78 is 13.7. The molecule has 1 atom stereocenters. The molecule has 0 radical (unpaired) electrons. The summed E-state index contributed by atoms with van der Waals surface area (Å²) in [6, 6.07) is 8.44. The van der Waals surface area contributed by atoms with E-state index in [4.69, 9.17) is 0 Å². The lowest BCUT2D eigenvalue weighted by Crippen LogP contribution is -2.18. The molecule has 3 heteroatoms. The first-order chi connectivity index (χ1) is 9.29. The van der Waals surface area contributed by atoms with Crippen molar-refractivity contribution in [1.29, 1.82) is 0 Å². The van der Waals surface area contributed by atoms with E-state index in [0.717, 1.165) is 24.9 Å². The predicted octanol–water partition coefficient (Wildman–Crippen LogP) is 3.48. The molecule has 3 rings (SSSR count). The second-order valence-electron chi connectivity index (χ2n) is 4.92. The molecule has 2 aromatic rings. The number of aryl methyl sites for hydroxylation is 1. The maximum Gasteiger partial charge on any atom is 0.149 e. The molecule has 1 aliphatic carbocycles. The average Bonchev–Trinajstić information content (AvgIpc) is 2.82. The minimum Gasteiger partial charge on any atom is -0.310 e. The molecule has 1 heterocycles. The van der Waals surface area contributed by atoms with Crippen LogP contribution in [-0.4, -0.2) is 11.5 Å². The zero-order valence-corrected chi connectivity index (χ0v) is 11.0. The van der Waals surface area contributed by atoms with Crippen LogP contribution in [0.2, 0.25) is 0 Å². The quantitative estimate of drug-likeness (QED) is 0.909. The van der Waals surface area contributed by atoms with E-state index in [-0.39, 0.29) is 5.82 Å². The maximum atomic E-state index is 13.7. The highest BCUT2D eigenvalue weighted by molar-refractivity contribution is 5.65. The van der Waals surface area contributed by atoms with Gasteiger partial charge in [0, 0.05) is 17.8 Å². The van der Waals surface area contributed by atoms with Crippen LogP contribution in [0, 0.1) is 5.82 Å². The first kappa shape index (κ1) is 12.3. The van der Waals surface area contributed by atoms with Gasteiger partial charge in [0.25, 0.3) is 0 Å². The third kappa shape index (κ3) is 2.26. The topological polar surface area (TPSA) is 24.9 Å². The molecule has 0 saturated carbocycles. The van der Waals surface area contributed by atoms with Gasteiger partial charge >= 0.3 is 0 Å². The molecule has 2 nitrogen and oxygen atoms in total. The van der Waals surface area contributed by atoms with Crippen LogP contribution >= 0.6 is 0 Å². The Bertz CT molecular complexity index is 595. The van der Waals surface area contributed by atoms with Gasteiger partial charge in [-0.15, -0.1) is 0 Å². The first-order valence-electron chi connectivity index (χ1n) is 6.75. The number of aromatic nitrogens is 1. The number of nitrogens with zero attached hydrogens (tertiary/aromatic N) is 1. The zero-order chi connectivity index (χ0) is 13.2. The number of fused-ring (bicyclic) bond motifs is 1. The fourth-order valence-electron chi connectivity index (χ4n) is 2.85. The van der Waals surface area contributed by atoms with Gasteiger partial charge in [0.05, 0.1) is 6.20 Å². The Balaban J connectivity index is 1.98. The highest BCUT2D eigenvalue weighted by Crippen LogP contribution is 2.34. The standard InChI is InChI=1S/C16H17FN2/c1-2-19-16-6-4-12-9-11(3-5-14(12)16)13-7-8-18-10-15(13)17/h3,5,7-10,16,19H,2,4,6H2,1H3. The molecular formula is C16H17FN2. The Morgan fingerprint density at radius 1 is 1.37 bits per heavy atom. The van der Waals surface area contributed by atoms with Crippen LogP contribution in [0.1, 0.15) is 30.5 Å². The van der Waals surface area contributed by atoms with Crippen molar-refractivity contribution in [2.24, 2.45) is 0 Å². The van der Waals surface area contributed by atoms with Crippen LogP contribution in [0.15, 0.2) is 36.7 Å². The molecule has 1 unspecified atom stereocenters. The minimum atomic E-state index is -0.260. The van der Waals surface area contributed by atoms with Crippen molar-refractivity contribution in [1.82, 2.24) is 10.3 Å². The van der Waals surface area contributed by atoms with Crippen LogP contribution in [-0.2, 0) is 6.42 Å². The molecule has 19 heavy (non-hydrogen) atoms. The molecule has 0 amide bonds. The predicted molar refractivity (Wildman–Crippen MR) is 74.4 cm³/mol. The van der Waals surface area contributed by atoms with Crippen molar-refractivity contribution in [3.8, 4) is 11.1 Å². The van der Waals surface area contributed by atoms with Crippen molar-refractivity contribution in [3.05, 3.63) is 53.6 Å². The van der Waals surface area contributed by atoms with Gasteiger partial charge in [-0.25, -0.2) is 4.39 Å². The third-order valence-corrected chi connectivity index (χ3v) is 3.75. The molecule has 98 valence electrons. The zero-order valence-electron chi connectivity index (χ0n) is 11.0. The fraction of sp³-hybridized carbons (Fsp3) is 0.312. The number of rotatable bonds is 3. The summed E-state index contributed by atoms with van der Waals surface area (Å²) in [5.41, 5.74) is 4.26. The molecule has 1 aromatic heterocycles. The van der Waals surface area contributed by atoms with Gasteiger partial charge in [0.2, 0.25) is 0 Å². The van der Waals surface area contributed by atoms with Crippen molar-refractivity contribution in [3.63, 3.8) is 0 Å². The third-order valence-electron chi connectivity index (χ3n) is 3.75. The van der Waals surface area contributed by atoms with Crippen LogP contribution < -0.4 is 5.32 Å². The number of nitrogens with one attached hydrogen (secondary N) is 1. The Hall–Kier alpha value is -1.74. The smallest absolute Gasteiger partial charge is 0.149 e. The molecule has 0 aliphatic heterocycles. The molecule has 1 aromatic carbocycles. The Kier molecular flexibility index (Phi) is 3.30. The van der Waals surface area contributed by atoms with Gasteiger partial charge in [-0.3, -0.25) is 4.98 Å². The van der Waals surface area contributed by atoms with Crippen LogP contribution in [0.3, 0.4) is 0 Å². The molecular weight excluding hydrogens is 239 g/mol. The summed E-state index contributed by atoms with van der Waals surface area (Å²) in [4.78, 5) is 3.79. The Morgan fingerprint density at radius 3 is 3.05 bits per heavy atom. The number of benzene rings is 1. The van der Waals surface area contributed by atoms with E-state index in [1.54, 1.807) is 12.3 Å². The maximum absolute atomic E-state index is 13.7. The summed E-state index contributed by atoms with van der Waals surface area (Å²) in [6.45, 7) is 3.10. The van der Waals surface area contributed by atoms with Gasteiger partial charge in [-0.2, -0.15) is 0 Å². The van der Waals surface area contributed by atoms with Gasteiger partial charge in [0.15, 0.2) is 0 Å². The van der Waals surface area contributed by atoms with E-state index in [1.807, 2.05) is 6.07 Å². The second kappa shape index (κ2) is 5.10. The van der Waals surface area contributed by atoms with Crippen molar-refractivity contribution < 1.29 is 4.39 Å². The van der Waals surface area contributed by atoms with Gasteiger partial charge in [0.1, 0.15) is 5.82 Å². The van der Waals surface area contributed by atoms with Gasteiger partial charge < -0.3 is 5.32 Å². The number of hydrogen-bond acceptors (Lipinski definition) is 2. The van der Waals surface area contributed by atoms with Crippen molar-refractivity contribution in [2.45, 2.75) is 25.8 Å². The average molecular weight is 256 g/mol. The molecule has 1 aliphatic rings. The van der Waals surface area contributed by atoms with Crippen molar-refractivity contribution >= 4 is 0 Å². The molecule has 0 saturated heterocycles. The van der Waals surface area contributed by atoms with Gasteiger partial charge in [-0.05, 0) is 42.1 Å². The number of halogens is 1.